The van der Waals surface area contributed by atoms with Crippen LogP contribution in [0.4, 0.5) is 5.69 Å². The summed E-state index contributed by atoms with van der Waals surface area (Å²) in [6.45, 7) is 4.10. The van der Waals surface area contributed by atoms with Crippen LogP contribution in [0, 0.1) is 13.8 Å². The predicted molar refractivity (Wildman–Crippen MR) is 104 cm³/mol. The zero-order valence-corrected chi connectivity index (χ0v) is 14.7. The smallest absolute Gasteiger partial charge is 0.256 e. The number of nitrogens with one attached hydrogen (secondary N) is 2. The van der Waals surface area contributed by atoms with Crippen LogP contribution in [0.3, 0.4) is 0 Å². The highest BCUT2D eigenvalue weighted by atomic mass is 35.5. The number of aromatic amines is 1. The van der Waals surface area contributed by atoms with Gasteiger partial charge in [0.05, 0.1) is 5.57 Å². The van der Waals surface area contributed by atoms with Gasteiger partial charge in [-0.05, 0) is 60.4 Å². The Morgan fingerprint density at radius 3 is 2.60 bits per heavy atom. The number of amides is 1. The summed E-state index contributed by atoms with van der Waals surface area (Å²) in [6.07, 6.45) is 3.88. The first kappa shape index (κ1) is 15.7. The van der Waals surface area contributed by atoms with Crippen molar-refractivity contribution in [3.8, 4) is 11.1 Å². The first-order valence-electron chi connectivity index (χ1n) is 8.11. The van der Waals surface area contributed by atoms with Gasteiger partial charge in [-0.1, -0.05) is 35.9 Å². The maximum atomic E-state index is 12.6. The van der Waals surface area contributed by atoms with Crippen LogP contribution in [0.25, 0.3) is 22.8 Å². The third-order valence-electron chi connectivity index (χ3n) is 4.69. The Balaban J connectivity index is 1.92. The Morgan fingerprint density at radius 1 is 1.08 bits per heavy atom. The minimum atomic E-state index is -0.0869. The van der Waals surface area contributed by atoms with E-state index in [1.165, 1.54) is 5.56 Å². The highest BCUT2D eigenvalue weighted by molar-refractivity contribution is 6.36. The standard InChI is InChI=1S/C21H17ClN2O/c1-12-11-23-19(13(12)2)10-17-20-16(14-5-3-6-15(22)9-14)7-4-8-18(20)24-21(17)25/h3-11,23H,1-2H3,(H,24,25)/b17-10-. The maximum absolute atomic E-state index is 12.6. The largest absolute Gasteiger partial charge is 0.361 e. The van der Waals surface area contributed by atoms with Gasteiger partial charge < -0.3 is 10.3 Å². The lowest BCUT2D eigenvalue weighted by molar-refractivity contribution is -0.110. The molecule has 124 valence electrons. The minimum absolute atomic E-state index is 0.0869. The van der Waals surface area contributed by atoms with Crippen molar-refractivity contribution in [1.82, 2.24) is 4.98 Å². The molecular weight excluding hydrogens is 332 g/mol. The van der Waals surface area contributed by atoms with Crippen molar-refractivity contribution in [3.63, 3.8) is 0 Å². The van der Waals surface area contributed by atoms with E-state index < -0.39 is 0 Å². The van der Waals surface area contributed by atoms with Crippen molar-refractivity contribution in [2.75, 3.05) is 5.32 Å². The number of rotatable bonds is 2. The molecule has 2 aromatic carbocycles. The number of hydrogen-bond acceptors (Lipinski definition) is 1. The van der Waals surface area contributed by atoms with Crippen LogP contribution in [0.5, 0.6) is 0 Å². The molecular formula is C21H17ClN2O. The molecule has 4 heteroatoms. The number of aromatic nitrogens is 1. The lowest BCUT2D eigenvalue weighted by atomic mass is 9.94. The molecule has 0 spiro atoms. The van der Waals surface area contributed by atoms with Crippen LogP contribution in [0.2, 0.25) is 5.02 Å². The fraction of sp³-hybridized carbons (Fsp3) is 0.0952. The fourth-order valence-corrected chi connectivity index (χ4v) is 3.38. The van der Waals surface area contributed by atoms with Gasteiger partial charge in [0.15, 0.2) is 0 Å². The molecule has 1 amide bonds. The maximum Gasteiger partial charge on any atom is 0.256 e. The van der Waals surface area contributed by atoms with Crippen LogP contribution >= 0.6 is 11.6 Å². The zero-order chi connectivity index (χ0) is 17.6. The van der Waals surface area contributed by atoms with E-state index in [0.29, 0.717) is 10.6 Å². The van der Waals surface area contributed by atoms with Gasteiger partial charge in [0.2, 0.25) is 0 Å². The average molecular weight is 349 g/mol. The number of carbonyl (C=O) groups excluding carboxylic acids is 1. The molecule has 0 atom stereocenters. The molecule has 0 saturated heterocycles. The second-order valence-electron chi connectivity index (χ2n) is 6.26. The summed E-state index contributed by atoms with van der Waals surface area (Å²) in [5.41, 5.74) is 7.67. The second kappa shape index (κ2) is 5.94. The Morgan fingerprint density at radius 2 is 1.88 bits per heavy atom. The lowest BCUT2D eigenvalue weighted by Crippen LogP contribution is -2.03. The van der Waals surface area contributed by atoms with E-state index in [9.17, 15) is 4.79 Å². The lowest BCUT2D eigenvalue weighted by Gasteiger charge is -2.09. The van der Waals surface area contributed by atoms with Gasteiger partial charge in [0, 0.05) is 28.2 Å². The molecule has 3 nitrogen and oxygen atoms in total. The number of fused-ring (bicyclic) bond motifs is 1. The fourth-order valence-electron chi connectivity index (χ4n) is 3.19. The number of anilines is 1. The van der Waals surface area contributed by atoms with Crippen LogP contribution in [0.15, 0.2) is 48.7 Å². The summed E-state index contributed by atoms with van der Waals surface area (Å²) in [4.78, 5) is 15.8. The molecule has 0 saturated carbocycles. The first-order chi connectivity index (χ1) is 12.0. The number of hydrogen-bond donors (Lipinski definition) is 2. The van der Waals surface area contributed by atoms with Crippen molar-refractivity contribution in [3.05, 3.63) is 76.1 Å². The van der Waals surface area contributed by atoms with Crippen molar-refractivity contribution >= 4 is 34.8 Å². The van der Waals surface area contributed by atoms with E-state index in [-0.39, 0.29) is 5.91 Å². The van der Waals surface area contributed by atoms with E-state index in [4.69, 9.17) is 11.6 Å². The summed E-state index contributed by atoms with van der Waals surface area (Å²) in [6, 6.07) is 13.6. The van der Waals surface area contributed by atoms with Crippen molar-refractivity contribution in [1.29, 1.82) is 0 Å². The molecule has 25 heavy (non-hydrogen) atoms. The molecule has 1 aromatic heterocycles. The van der Waals surface area contributed by atoms with Crippen molar-refractivity contribution < 1.29 is 4.79 Å². The summed E-state index contributed by atoms with van der Waals surface area (Å²) < 4.78 is 0. The second-order valence-corrected chi connectivity index (χ2v) is 6.70. The SMILES string of the molecule is Cc1c[nH]c(/C=C2\C(=O)Nc3cccc(-c4cccc(Cl)c4)c32)c1C. The Bertz CT molecular complexity index is 1030. The molecule has 3 aromatic rings. The Kier molecular flexibility index (Phi) is 3.74. The van der Waals surface area contributed by atoms with E-state index in [2.05, 4.69) is 17.2 Å². The molecule has 2 N–H and O–H groups in total. The van der Waals surface area contributed by atoms with Crippen LogP contribution in [0.1, 0.15) is 22.4 Å². The third-order valence-corrected chi connectivity index (χ3v) is 4.93. The average Bonchev–Trinajstić information content (AvgIpc) is 3.09. The van der Waals surface area contributed by atoms with Crippen molar-refractivity contribution in [2.45, 2.75) is 13.8 Å². The Labute approximate surface area is 151 Å². The number of halogens is 1. The van der Waals surface area contributed by atoms with E-state index in [0.717, 1.165) is 33.6 Å². The molecule has 0 radical (unpaired) electrons. The van der Waals surface area contributed by atoms with Crippen LogP contribution in [-0.2, 0) is 4.79 Å². The van der Waals surface area contributed by atoms with Gasteiger partial charge in [-0.2, -0.15) is 0 Å². The molecule has 1 aliphatic rings. The minimum Gasteiger partial charge on any atom is -0.361 e. The summed E-state index contributed by atoms with van der Waals surface area (Å²) in [5, 5.41) is 3.64. The topological polar surface area (TPSA) is 44.9 Å². The highest BCUT2D eigenvalue weighted by Gasteiger charge is 2.27. The molecule has 2 heterocycles. The first-order valence-corrected chi connectivity index (χ1v) is 8.49. The van der Waals surface area contributed by atoms with Crippen molar-refractivity contribution in [2.24, 2.45) is 0 Å². The Hall–Kier alpha value is -2.78. The van der Waals surface area contributed by atoms with E-state index >= 15 is 0 Å². The van der Waals surface area contributed by atoms with E-state index in [1.807, 2.05) is 61.7 Å². The highest BCUT2D eigenvalue weighted by Crippen LogP contribution is 2.41. The van der Waals surface area contributed by atoms with Gasteiger partial charge in [-0.25, -0.2) is 0 Å². The molecule has 1 aliphatic heterocycles. The number of H-pyrrole nitrogens is 1. The normalized spacial score (nSPS) is 14.7. The quantitative estimate of drug-likeness (QED) is 0.595. The van der Waals surface area contributed by atoms with Gasteiger partial charge in [0.1, 0.15) is 0 Å². The van der Waals surface area contributed by atoms with Gasteiger partial charge in [0.25, 0.3) is 5.91 Å². The predicted octanol–water partition coefficient (Wildman–Crippen LogP) is 5.44. The van der Waals surface area contributed by atoms with Gasteiger partial charge >= 0.3 is 0 Å². The number of carbonyl (C=O) groups is 1. The molecule has 0 aliphatic carbocycles. The monoisotopic (exact) mass is 348 g/mol. The molecule has 0 bridgehead atoms. The van der Waals surface area contributed by atoms with Gasteiger partial charge in [-0.15, -0.1) is 0 Å². The number of benzene rings is 2. The summed E-state index contributed by atoms with van der Waals surface area (Å²) in [7, 11) is 0. The van der Waals surface area contributed by atoms with Gasteiger partial charge in [-0.3, -0.25) is 4.79 Å². The zero-order valence-electron chi connectivity index (χ0n) is 14.0. The van der Waals surface area contributed by atoms with E-state index in [1.54, 1.807) is 0 Å². The molecule has 4 rings (SSSR count). The van der Waals surface area contributed by atoms with Crippen LogP contribution < -0.4 is 5.32 Å². The summed E-state index contributed by atoms with van der Waals surface area (Å²) >= 11 is 6.16. The third kappa shape index (κ3) is 2.67. The number of aryl methyl sites for hydroxylation is 1. The molecule has 0 unspecified atom stereocenters. The van der Waals surface area contributed by atoms with Crippen LogP contribution in [-0.4, -0.2) is 10.9 Å². The summed E-state index contributed by atoms with van der Waals surface area (Å²) in [5.74, 6) is -0.0869. The molecule has 0 fully saturated rings.